The monoisotopic (exact) mass is 480 g/mol. The highest BCUT2D eigenvalue weighted by Crippen LogP contribution is 2.24. The molecule has 0 unspecified atom stereocenters. The van der Waals surface area contributed by atoms with Crippen LogP contribution in [0.15, 0.2) is 70.0 Å². The quantitative estimate of drug-likeness (QED) is 0.301. The maximum atomic E-state index is 12.8. The summed E-state index contributed by atoms with van der Waals surface area (Å²) in [7, 11) is -2.66. The Bertz CT molecular complexity index is 988. The molecule has 1 aliphatic rings. The molecule has 180 valence electrons. The Morgan fingerprint density at radius 2 is 1.70 bits per heavy atom. The SMILES string of the molecule is CO[C@@H]1O[C@H](CO)[C@H](O)[C@H](OCC/C(=N\S(=O)(=O)c2ccccc2)Nc2ccccc2)[C@H]1O. The van der Waals surface area contributed by atoms with Gasteiger partial charge in [-0.05, 0) is 24.3 Å². The summed E-state index contributed by atoms with van der Waals surface area (Å²) in [6.45, 7) is -0.582. The lowest BCUT2D eigenvalue weighted by molar-refractivity contribution is -0.301. The number of aliphatic hydroxyl groups is 3. The summed E-state index contributed by atoms with van der Waals surface area (Å²) in [4.78, 5) is 0.0438. The number of sulfonamides is 1. The van der Waals surface area contributed by atoms with Crippen molar-refractivity contribution in [3.8, 4) is 0 Å². The van der Waals surface area contributed by atoms with Crippen LogP contribution in [0.3, 0.4) is 0 Å². The van der Waals surface area contributed by atoms with E-state index in [4.69, 9.17) is 14.2 Å². The van der Waals surface area contributed by atoms with E-state index in [1.54, 1.807) is 42.5 Å². The van der Waals surface area contributed by atoms with Gasteiger partial charge in [-0.25, -0.2) is 0 Å². The molecule has 0 saturated carbocycles. The van der Waals surface area contributed by atoms with Gasteiger partial charge in [0.15, 0.2) is 6.29 Å². The van der Waals surface area contributed by atoms with Crippen LogP contribution in [-0.2, 0) is 24.2 Å². The fourth-order valence-electron chi connectivity index (χ4n) is 3.35. The van der Waals surface area contributed by atoms with Crippen LogP contribution in [0.2, 0.25) is 0 Å². The number of methoxy groups -OCH3 is 1. The average molecular weight is 481 g/mol. The Balaban J connectivity index is 1.76. The number of amidine groups is 1. The molecule has 0 aliphatic carbocycles. The third-order valence-corrected chi connectivity index (χ3v) is 6.37. The zero-order chi connectivity index (χ0) is 23.8. The van der Waals surface area contributed by atoms with Crippen molar-refractivity contribution in [2.24, 2.45) is 4.40 Å². The van der Waals surface area contributed by atoms with Crippen LogP contribution in [-0.4, -0.2) is 80.6 Å². The molecule has 10 nitrogen and oxygen atoms in total. The highest BCUT2D eigenvalue weighted by molar-refractivity contribution is 7.90. The van der Waals surface area contributed by atoms with E-state index in [2.05, 4.69) is 9.71 Å². The lowest BCUT2D eigenvalue weighted by Gasteiger charge is -2.41. The van der Waals surface area contributed by atoms with E-state index in [1.807, 2.05) is 6.07 Å². The van der Waals surface area contributed by atoms with Crippen molar-refractivity contribution in [1.82, 2.24) is 0 Å². The van der Waals surface area contributed by atoms with Crippen molar-refractivity contribution >= 4 is 21.5 Å². The van der Waals surface area contributed by atoms with Crippen molar-refractivity contribution < 1.29 is 37.9 Å². The molecule has 4 N–H and O–H groups in total. The van der Waals surface area contributed by atoms with E-state index in [-0.39, 0.29) is 23.8 Å². The number of ether oxygens (including phenoxy) is 3. The van der Waals surface area contributed by atoms with Gasteiger partial charge in [0, 0.05) is 19.2 Å². The van der Waals surface area contributed by atoms with Gasteiger partial charge in [-0.2, -0.15) is 8.42 Å². The fourth-order valence-corrected chi connectivity index (χ4v) is 4.38. The molecule has 5 atom stereocenters. The lowest BCUT2D eigenvalue weighted by atomic mass is 9.99. The molecule has 1 aliphatic heterocycles. The molecule has 3 rings (SSSR count). The van der Waals surface area contributed by atoms with E-state index in [9.17, 15) is 23.7 Å². The third-order valence-electron chi connectivity index (χ3n) is 5.04. The van der Waals surface area contributed by atoms with E-state index in [0.717, 1.165) is 0 Å². The van der Waals surface area contributed by atoms with Crippen molar-refractivity contribution in [2.45, 2.75) is 42.0 Å². The van der Waals surface area contributed by atoms with Gasteiger partial charge in [0.1, 0.15) is 30.3 Å². The second kappa shape index (κ2) is 11.7. The molecular formula is C22H28N2O8S. The zero-order valence-corrected chi connectivity index (χ0v) is 18.8. The minimum atomic E-state index is -3.98. The van der Waals surface area contributed by atoms with Crippen LogP contribution in [0.25, 0.3) is 0 Å². The van der Waals surface area contributed by atoms with Crippen LogP contribution in [0, 0.1) is 0 Å². The first-order valence-electron chi connectivity index (χ1n) is 10.3. The standard InChI is InChI=1S/C22H28N2O8S/c1-30-22-20(27)21(19(26)17(14-25)32-22)31-13-12-18(23-15-8-4-2-5-9-15)24-33(28,29)16-10-6-3-7-11-16/h2-11,17,19-22,25-27H,12-14H2,1H3,(H,23,24)/t17-,19+,20-,21+,22-/m1/s1. The first-order valence-corrected chi connectivity index (χ1v) is 11.8. The van der Waals surface area contributed by atoms with Crippen molar-refractivity contribution in [1.29, 1.82) is 0 Å². The first-order chi connectivity index (χ1) is 15.9. The molecule has 11 heteroatoms. The molecule has 0 aromatic heterocycles. The molecule has 0 radical (unpaired) electrons. The molecule has 0 bridgehead atoms. The molecule has 0 amide bonds. The predicted octanol–water partition coefficient (Wildman–Crippen LogP) is 0.747. The highest BCUT2D eigenvalue weighted by Gasteiger charge is 2.45. The molecule has 1 fully saturated rings. The second-order valence-corrected chi connectivity index (χ2v) is 8.95. The summed E-state index contributed by atoms with van der Waals surface area (Å²) in [5.74, 6) is 0.114. The van der Waals surface area contributed by atoms with Crippen molar-refractivity contribution in [3.05, 3.63) is 60.7 Å². The molecule has 2 aromatic carbocycles. The van der Waals surface area contributed by atoms with Crippen LogP contribution in [0.4, 0.5) is 5.69 Å². The van der Waals surface area contributed by atoms with Crippen LogP contribution >= 0.6 is 0 Å². The van der Waals surface area contributed by atoms with E-state index < -0.39 is 47.3 Å². The number of rotatable bonds is 9. The third kappa shape index (κ3) is 6.58. The van der Waals surface area contributed by atoms with Gasteiger partial charge in [0.25, 0.3) is 10.0 Å². The topological polar surface area (TPSA) is 147 Å². The maximum Gasteiger partial charge on any atom is 0.283 e. The van der Waals surface area contributed by atoms with Gasteiger partial charge in [-0.3, -0.25) is 0 Å². The highest BCUT2D eigenvalue weighted by atomic mass is 32.2. The Kier molecular flexibility index (Phi) is 8.92. The van der Waals surface area contributed by atoms with Crippen LogP contribution < -0.4 is 5.32 Å². The lowest BCUT2D eigenvalue weighted by Crippen LogP contribution is -2.60. The fraction of sp³-hybridized carbons (Fsp3) is 0.409. The van der Waals surface area contributed by atoms with E-state index >= 15 is 0 Å². The normalized spacial score (nSPS) is 26.2. The Hall–Kier alpha value is -2.38. The van der Waals surface area contributed by atoms with Gasteiger partial charge >= 0.3 is 0 Å². The van der Waals surface area contributed by atoms with Gasteiger partial charge < -0.3 is 34.8 Å². The van der Waals surface area contributed by atoms with Crippen molar-refractivity contribution in [3.63, 3.8) is 0 Å². The summed E-state index contributed by atoms with van der Waals surface area (Å²) < 4.78 is 45.5. The molecule has 0 spiro atoms. The number of nitrogens with zero attached hydrogens (tertiary/aromatic N) is 1. The van der Waals surface area contributed by atoms with Gasteiger partial charge in [0.05, 0.1) is 18.1 Å². The first kappa shape index (κ1) is 25.2. The molecule has 1 heterocycles. The Labute approximate surface area is 192 Å². The number of benzene rings is 2. The minimum Gasteiger partial charge on any atom is -0.394 e. The van der Waals surface area contributed by atoms with Crippen LogP contribution in [0.5, 0.6) is 0 Å². The summed E-state index contributed by atoms with van der Waals surface area (Å²) in [6.07, 6.45) is -5.82. The molecule has 2 aromatic rings. The van der Waals surface area contributed by atoms with E-state index in [0.29, 0.717) is 5.69 Å². The zero-order valence-electron chi connectivity index (χ0n) is 18.0. The Morgan fingerprint density at radius 1 is 1.06 bits per heavy atom. The van der Waals surface area contributed by atoms with Gasteiger partial charge in [-0.1, -0.05) is 36.4 Å². The van der Waals surface area contributed by atoms with Gasteiger partial charge in [0.2, 0.25) is 0 Å². The molecule has 1 saturated heterocycles. The summed E-state index contributed by atoms with van der Waals surface area (Å²) in [5.41, 5.74) is 0.630. The Morgan fingerprint density at radius 3 is 2.30 bits per heavy atom. The van der Waals surface area contributed by atoms with Crippen molar-refractivity contribution in [2.75, 3.05) is 25.6 Å². The summed E-state index contributed by atoms with van der Waals surface area (Å²) in [6, 6.07) is 16.7. The number of nitrogens with one attached hydrogen (secondary N) is 1. The maximum absolute atomic E-state index is 12.8. The predicted molar refractivity (Wildman–Crippen MR) is 120 cm³/mol. The average Bonchev–Trinajstić information content (AvgIpc) is 2.82. The van der Waals surface area contributed by atoms with Crippen LogP contribution in [0.1, 0.15) is 6.42 Å². The smallest absolute Gasteiger partial charge is 0.283 e. The van der Waals surface area contributed by atoms with E-state index in [1.165, 1.54) is 19.2 Å². The number of para-hydroxylation sites is 1. The summed E-state index contributed by atoms with van der Waals surface area (Å²) in [5, 5.41) is 33.2. The minimum absolute atomic E-state index is 0.0270. The second-order valence-electron chi connectivity index (χ2n) is 7.34. The number of aliphatic hydroxyl groups excluding tert-OH is 3. The number of hydrogen-bond donors (Lipinski definition) is 4. The number of hydrogen-bond acceptors (Lipinski definition) is 8. The number of anilines is 1. The summed E-state index contributed by atoms with van der Waals surface area (Å²) >= 11 is 0. The molecule has 33 heavy (non-hydrogen) atoms. The largest absolute Gasteiger partial charge is 0.394 e. The van der Waals surface area contributed by atoms with Gasteiger partial charge in [-0.15, -0.1) is 4.40 Å². The molecular weight excluding hydrogens is 452 g/mol.